The molecule has 0 spiro atoms. The van der Waals surface area contributed by atoms with Crippen molar-refractivity contribution in [1.82, 2.24) is 5.32 Å². The second kappa shape index (κ2) is 7.32. The van der Waals surface area contributed by atoms with Crippen molar-refractivity contribution in [2.75, 3.05) is 11.9 Å². The maximum atomic E-state index is 13.8. The van der Waals surface area contributed by atoms with E-state index in [2.05, 4.69) is 16.7 Å². The molecule has 3 nitrogen and oxygen atoms in total. The Morgan fingerprint density at radius 2 is 2.09 bits per heavy atom. The number of anilines is 1. The first-order chi connectivity index (χ1) is 10.5. The van der Waals surface area contributed by atoms with Crippen molar-refractivity contribution in [2.24, 2.45) is 0 Å². The number of hydrogen-bond acceptors (Lipinski definition) is 2. The molecule has 1 amide bonds. The molecular weight excluding hydrogens is 383 g/mol. The SMILES string of the molecule is Br.CC(NC(=O)c1ccc(Cl)cc1F)c1ccc2c(c1)CCN2. The van der Waals surface area contributed by atoms with E-state index in [1.165, 1.54) is 17.7 Å². The molecule has 3 rings (SSSR count). The molecular formula is C17H17BrClFN2O. The van der Waals surface area contributed by atoms with Crippen LogP contribution in [0.1, 0.15) is 34.5 Å². The van der Waals surface area contributed by atoms with E-state index in [4.69, 9.17) is 11.6 Å². The summed E-state index contributed by atoms with van der Waals surface area (Å²) in [6.07, 6.45) is 0.982. The predicted octanol–water partition coefficient (Wildman–Crippen LogP) is 4.52. The van der Waals surface area contributed by atoms with Gasteiger partial charge in [0.2, 0.25) is 0 Å². The van der Waals surface area contributed by atoms with Crippen LogP contribution in [0.5, 0.6) is 0 Å². The lowest BCUT2D eigenvalue weighted by atomic mass is 10.0. The van der Waals surface area contributed by atoms with E-state index < -0.39 is 11.7 Å². The molecule has 2 N–H and O–H groups in total. The summed E-state index contributed by atoms with van der Waals surface area (Å²) in [7, 11) is 0. The van der Waals surface area contributed by atoms with Crippen LogP contribution in [-0.2, 0) is 6.42 Å². The molecule has 0 aliphatic carbocycles. The van der Waals surface area contributed by atoms with Gasteiger partial charge in [-0.15, -0.1) is 17.0 Å². The largest absolute Gasteiger partial charge is 0.384 e. The third-order valence-corrected chi connectivity index (χ3v) is 4.10. The third-order valence-electron chi connectivity index (χ3n) is 3.86. The number of carbonyl (C=O) groups is 1. The number of nitrogens with one attached hydrogen (secondary N) is 2. The maximum Gasteiger partial charge on any atom is 0.254 e. The van der Waals surface area contributed by atoms with Crippen LogP contribution in [0.4, 0.5) is 10.1 Å². The second-order valence-electron chi connectivity index (χ2n) is 5.41. The molecule has 1 aliphatic heterocycles. The van der Waals surface area contributed by atoms with Crippen LogP contribution >= 0.6 is 28.6 Å². The Labute approximate surface area is 150 Å². The van der Waals surface area contributed by atoms with E-state index in [0.717, 1.165) is 30.3 Å². The Balaban J connectivity index is 0.00000192. The number of benzene rings is 2. The highest BCUT2D eigenvalue weighted by Gasteiger charge is 2.17. The minimum Gasteiger partial charge on any atom is -0.384 e. The fourth-order valence-corrected chi connectivity index (χ4v) is 2.78. The Morgan fingerprint density at radius 3 is 2.83 bits per heavy atom. The molecule has 0 fully saturated rings. The molecule has 122 valence electrons. The first kappa shape index (κ1) is 17.8. The van der Waals surface area contributed by atoms with Crippen molar-refractivity contribution in [1.29, 1.82) is 0 Å². The molecule has 0 bridgehead atoms. The minimum atomic E-state index is -0.615. The second-order valence-corrected chi connectivity index (χ2v) is 5.85. The van der Waals surface area contributed by atoms with Gasteiger partial charge in [0.1, 0.15) is 5.82 Å². The number of halogens is 3. The standard InChI is InChI=1S/C17H16ClFN2O.BrH/c1-10(11-2-5-16-12(8-11)6-7-20-16)21-17(22)14-4-3-13(18)9-15(14)19;/h2-5,8-10,20H,6-7H2,1H3,(H,21,22);1H. The van der Waals surface area contributed by atoms with E-state index >= 15 is 0 Å². The number of carbonyl (C=O) groups excluding carboxylic acids is 1. The van der Waals surface area contributed by atoms with E-state index in [1.54, 1.807) is 0 Å². The van der Waals surface area contributed by atoms with Crippen LogP contribution in [0.2, 0.25) is 5.02 Å². The highest BCUT2D eigenvalue weighted by atomic mass is 79.9. The number of fused-ring (bicyclic) bond motifs is 1. The average molecular weight is 400 g/mol. The van der Waals surface area contributed by atoms with Gasteiger partial charge in [-0.05, 0) is 48.7 Å². The van der Waals surface area contributed by atoms with Gasteiger partial charge in [0.15, 0.2) is 0 Å². The maximum absolute atomic E-state index is 13.8. The van der Waals surface area contributed by atoms with Gasteiger partial charge in [-0.1, -0.05) is 23.7 Å². The molecule has 0 saturated carbocycles. The lowest BCUT2D eigenvalue weighted by Crippen LogP contribution is -2.27. The normalized spacial score (nSPS) is 13.5. The Bertz CT molecular complexity index is 739. The number of hydrogen-bond donors (Lipinski definition) is 2. The molecule has 2 aromatic rings. The molecule has 1 aliphatic rings. The minimum absolute atomic E-state index is 0. The summed E-state index contributed by atoms with van der Waals surface area (Å²) in [5.41, 5.74) is 3.39. The van der Waals surface area contributed by atoms with Gasteiger partial charge in [0, 0.05) is 17.3 Å². The highest BCUT2D eigenvalue weighted by molar-refractivity contribution is 8.93. The monoisotopic (exact) mass is 398 g/mol. The summed E-state index contributed by atoms with van der Waals surface area (Å²) in [5.74, 6) is -1.06. The van der Waals surface area contributed by atoms with Gasteiger partial charge in [-0.25, -0.2) is 4.39 Å². The molecule has 1 heterocycles. The molecule has 1 unspecified atom stereocenters. The van der Waals surface area contributed by atoms with Crippen molar-refractivity contribution in [2.45, 2.75) is 19.4 Å². The summed E-state index contributed by atoms with van der Waals surface area (Å²) < 4.78 is 13.8. The van der Waals surface area contributed by atoms with Crippen molar-refractivity contribution < 1.29 is 9.18 Å². The average Bonchev–Trinajstić information content (AvgIpc) is 2.94. The Hall–Kier alpha value is -1.59. The molecule has 6 heteroatoms. The molecule has 2 aromatic carbocycles. The van der Waals surface area contributed by atoms with Crippen molar-refractivity contribution in [3.05, 3.63) is 63.9 Å². The third kappa shape index (κ3) is 3.85. The molecule has 23 heavy (non-hydrogen) atoms. The zero-order chi connectivity index (χ0) is 15.7. The van der Waals surface area contributed by atoms with Crippen molar-refractivity contribution in [3.63, 3.8) is 0 Å². The van der Waals surface area contributed by atoms with Crippen molar-refractivity contribution >= 4 is 40.2 Å². The highest BCUT2D eigenvalue weighted by Crippen LogP contribution is 2.26. The quantitative estimate of drug-likeness (QED) is 0.797. The summed E-state index contributed by atoms with van der Waals surface area (Å²) >= 11 is 5.70. The first-order valence-corrected chi connectivity index (χ1v) is 7.55. The van der Waals surface area contributed by atoms with Crippen LogP contribution in [0, 0.1) is 5.82 Å². The zero-order valence-corrected chi connectivity index (χ0v) is 15.0. The van der Waals surface area contributed by atoms with Crippen LogP contribution in [0.3, 0.4) is 0 Å². The fourth-order valence-electron chi connectivity index (χ4n) is 2.63. The molecule has 0 aromatic heterocycles. The lowest BCUT2D eigenvalue weighted by molar-refractivity contribution is 0.0936. The van der Waals surface area contributed by atoms with Crippen LogP contribution in [0.25, 0.3) is 0 Å². The predicted molar refractivity (Wildman–Crippen MR) is 96.2 cm³/mol. The van der Waals surface area contributed by atoms with Crippen LogP contribution < -0.4 is 10.6 Å². The van der Waals surface area contributed by atoms with Gasteiger partial charge >= 0.3 is 0 Å². The lowest BCUT2D eigenvalue weighted by Gasteiger charge is -2.16. The van der Waals surface area contributed by atoms with Gasteiger partial charge in [0.05, 0.1) is 11.6 Å². The summed E-state index contributed by atoms with van der Waals surface area (Å²) in [6.45, 7) is 2.82. The first-order valence-electron chi connectivity index (χ1n) is 7.17. The van der Waals surface area contributed by atoms with E-state index in [1.807, 2.05) is 19.1 Å². The molecule has 0 saturated heterocycles. The van der Waals surface area contributed by atoms with Crippen LogP contribution in [0.15, 0.2) is 36.4 Å². The Morgan fingerprint density at radius 1 is 1.30 bits per heavy atom. The topological polar surface area (TPSA) is 41.1 Å². The van der Waals surface area contributed by atoms with Gasteiger partial charge in [0.25, 0.3) is 5.91 Å². The van der Waals surface area contributed by atoms with E-state index in [-0.39, 0.29) is 33.6 Å². The summed E-state index contributed by atoms with van der Waals surface area (Å²) in [4.78, 5) is 12.2. The zero-order valence-electron chi connectivity index (χ0n) is 12.5. The summed E-state index contributed by atoms with van der Waals surface area (Å²) in [6, 6.07) is 9.91. The van der Waals surface area contributed by atoms with E-state index in [9.17, 15) is 9.18 Å². The van der Waals surface area contributed by atoms with Gasteiger partial charge in [-0.3, -0.25) is 4.79 Å². The van der Waals surface area contributed by atoms with Crippen molar-refractivity contribution in [3.8, 4) is 0 Å². The molecule has 1 atom stereocenters. The smallest absolute Gasteiger partial charge is 0.254 e. The van der Waals surface area contributed by atoms with Crippen LogP contribution in [-0.4, -0.2) is 12.5 Å². The Kier molecular flexibility index (Phi) is 5.65. The van der Waals surface area contributed by atoms with E-state index in [0.29, 0.717) is 0 Å². The van der Waals surface area contributed by atoms with Gasteiger partial charge < -0.3 is 10.6 Å². The molecule has 0 radical (unpaired) electrons. The number of amides is 1. The fraction of sp³-hybridized carbons (Fsp3) is 0.235. The van der Waals surface area contributed by atoms with Gasteiger partial charge in [-0.2, -0.15) is 0 Å². The summed E-state index contributed by atoms with van der Waals surface area (Å²) in [5, 5.41) is 6.39. The number of rotatable bonds is 3.